The third-order valence-electron chi connectivity index (χ3n) is 6.38. The van der Waals surface area contributed by atoms with Gasteiger partial charge in [0.05, 0.1) is 18.7 Å². The molecule has 0 aliphatic carbocycles. The van der Waals surface area contributed by atoms with Gasteiger partial charge in [-0.25, -0.2) is 0 Å². The average molecular weight is 635 g/mol. The lowest BCUT2D eigenvalue weighted by molar-refractivity contribution is -0.117. The van der Waals surface area contributed by atoms with Gasteiger partial charge < -0.3 is 14.3 Å². The Labute approximate surface area is 245 Å². The maximum Gasteiger partial charge on any atom is 0.296 e. The Morgan fingerprint density at radius 1 is 1.10 bits per heavy atom. The number of furan rings is 1. The number of carbonyl (C=O) groups excluding carboxylic acids is 2. The van der Waals surface area contributed by atoms with Gasteiger partial charge in [0.25, 0.3) is 5.91 Å². The van der Waals surface area contributed by atoms with Gasteiger partial charge in [-0.05, 0) is 35.4 Å². The largest absolute Gasteiger partial charge is 0.503 e. The van der Waals surface area contributed by atoms with E-state index in [9.17, 15) is 14.7 Å². The number of aliphatic hydroxyl groups is 1. The summed E-state index contributed by atoms with van der Waals surface area (Å²) in [5.41, 5.74) is 2.04. The first-order valence-corrected chi connectivity index (χ1v) is 14.7. The molecular formula is C29H20BrN3O5S2. The number of carbonyl (C=O) groups is 2. The standard InChI is InChI=1S/C29H20BrN3O5S2/c1-37-20-12-6-10-18-14-21(38-26(18)20)24(34)22-23(17-9-5-11-19(30)13-17)33(27(36)25(22)35)28-31-32-29(40-28)39-15-16-7-3-2-4-8-16/h2-14,23,35H,15H2,1H3. The molecule has 0 spiro atoms. The van der Waals surface area contributed by atoms with Crippen molar-refractivity contribution in [1.82, 2.24) is 10.2 Å². The Kier molecular flexibility index (Phi) is 7.18. The molecule has 1 aliphatic heterocycles. The van der Waals surface area contributed by atoms with Gasteiger partial charge >= 0.3 is 0 Å². The van der Waals surface area contributed by atoms with Crippen LogP contribution in [0, 0.1) is 0 Å². The number of aliphatic hydroxyl groups excluding tert-OH is 1. The Morgan fingerprint density at radius 2 is 1.90 bits per heavy atom. The predicted octanol–water partition coefficient (Wildman–Crippen LogP) is 7.13. The molecule has 40 heavy (non-hydrogen) atoms. The molecule has 1 unspecified atom stereocenters. The first-order valence-electron chi connectivity index (χ1n) is 12.1. The summed E-state index contributed by atoms with van der Waals surface area (Å²) in [6.45, 7) is 0. The third kappa shape index (κ3) is 4.80. The number of nitrogens with zero attached hydrogens (tertiary/aromatic N) is 3. The zero-order valence-electron chi connectivity index (χ0n) is 20.9. The molecule has 200 valence electrons. The van der Waals surface area contributed by atoms with Gasteiger partial charge in [0.2, 0.25) is 10.9 Å². The van der Waals surface area contributed by atoms with Gasteiger partial charge in [-0.15, -0.1) is 10.2 Å². The lowest BCUT2D eigenvalue weighted by Crippen LogP contribution is -2.31. The molecule has 2 aromatic heterocycles. The van der Waals surface area contributed by atoms with Crippen molar-refractivity contribution in [2.24, 2.45) is 0 Å². The van der Waals surface area contributed by atoms with Crippen LogP contribution in [-0.2, 0) is 10.5 Å². The minimum absolute atomic E-state index is 0.0212. The number of fused-ring (bicyclic) bond motifs is 1. The van der Waals surface area contributed by atoms with Crippen molar-refractivity contribution in [3.8, 4) is 5.75 Å². The molecule has 1 amide bonds. The van der Waals surface area contributed by atoms with E-state index in [-0.39, 0.29) is 16.5 Å². The van der Waals surface area contributed by atoms with Crippen molar-refractivity contribution >= 4 is 66.8 Å². The fraction of sp³-hybridized carbons (Fsp3) is 0.103. The lowest BCUT2D eigenvalue weighted by atomic mass is 9.95. The molecule has 11 heteroatoms. The van der Waals surface area contributed by atoms with E-state index in [2.05, 4.69) is 26.1 Å². The zero-order valence-corrected chi connectivity index (χ0v) is 24.1. The molecule has 1 atom stereocenters. The van der Waals surface area contributed by atoms with Crippen LogP contribution in [0.1, 0.15) is 27.7 Å². The first kappa shape index (κ1) is 26.3. The van der Waals surface area contributed by atoms with Crippen LogP contribution in [-0.4, -0.2) is 34.1 Å². The smallest absolute Gasteiger partial charge is 0.296 e. The number of hydrogen-bond acceptors (Lipinski definition) is 9. The molecule has 1 N–H and O–H groups in total. The summed E-state index contributed by atoms with van der Waals surface area (Å²) in [6, 6.07) is 23.1. The van der Waals surface area contributed by atoms with Crippen LogP contribution in [0.3, 0.4) is 0 Å². The molecular weight excluding hydrogens is 614 g/mol. The number of methoxy groups -OCH3 is 1. The molecule has 0 saturated heterocycles. The number of ketones is 1. The number of halogens is 1. The summed E-state index contributed by atoms with van der Waals surface area (Å²) in [7, 11) is 1.51. The number of ether oxygens (including phenoxy) is 1. The number of benzene rings is 3. The second-order valence-electron chi connectivity index (χ2n) is 8.84. The highest BCUT2D eigenvalue weighted by Gasteiger charge is 2.47. The fourth-order valence-electron chi connectivity index (χ4n) is 4.55. The number of hydrogen-bond donors (Lipinski definition) is 1. The summed E-state index contributed by atoms with van der Waals surface area (Å²) in [5, 5.41) is 20.6. The van der Waals surface area contributed by atoms with E-state index >= 15 is 0 Å². The van der Waals surface area contributed by atoms with Crippen molar-refractivity contribution in [2.75, 3.05) is 12.0 Å². The summed E-state index contributed by atoms with van der Waals surface area (Å²) in [5.74, 6) is -0.876. The summed E-state index contributed by atoms with van der Waals surface area (Å²) >= 11 is 6.19. The van der Waals surface area contributed by atoms with Gasteiger partial charge in [-0.3, -0.25) is 14.5 Å². The van der Waals surface area contributed by atoms with Crippen molar-refractivity contribution in [2.45, 2.75) is 16.1 Å². The van der Waals surface area contributed by atoms with Gasteiger partial charge in [-0.1, -0.05) is 93.6 Å². The number of amides is 1. The SMILES string of the molecule is COc1cccc2cc(C(=O)C3=C(O)C(=O)N(c4nnc(SCc5ccccc5)s4)C3c3cccc(Br)c3)oc12. The second-order valence-corrected chi connectivity index (χ2v) is 11.9. The van der Waals surface area contributed by atoms with Crippen LogP contribution in [0.2, 0.25) is 0 Å². The Morgan fingerprint density at radius 3 is 2.67 bits per heavy atom. The van der Waals surface area contributed by atoms with Crippen molar-refractivity contribution < 1.29 is 23.8 Å². The topological polar surface area (TPSA) is 106 Å². The second kappa shape index (κ2) is 10.9. The van der Waals surface area contributed by atoms with Crippen molar-refractivity contribution in [1.29, 1.82) is 0 Å². The number of para-hydroxylation sites is 1. The molecule has 1 aliphatic rings. The van der Waals surface area contributed by atoms with Crippen LogP contribution in [0.25, 0.3) is 11.0 Å². The highest BCUT2D eigenvalue weighted by Crippen LogP contribution is 2.45. The monoisotopic (exact) mass is 633 g/mol. The van der Waals surface area contributed by atoms with Crippen LogP contribution in [0.15, 0.2) is 103 Å². The van der Waals surface area contributed by atoms with Gasteiger partial charge in [0, 0.05) is 15.6 Å². The molecule has 0 radical (unpaired) electrons. The van der Waals surface area contributed by atoms with E-state index in [1.165, 1.54) is 35.1 Å². The van der Waals surface area contributed by atoms with E-state index in [4.69, 9.17) is 9.15 Å². The predicted molar refractivity (Wildman–Crippen MR) is 157 cm³/mol. The van der Waals surface area contributed by atoms with Crippen LogP contribution in [0.5, 0.6) is 5.75 Å². The average Bonchev–Trinajstić information content (AvgIpc) is 3.68. The number of anilines is 1. The fourth-order valence-corrected chi connectivity index (χ4v) is 6.79. The number of Topliss-reactive ketones (excluding diaryl/α,β-unsaturated/α-hetero) is 1. The maximum absolute atomic E-state index is 13.9. The molecule has 0 bridgehead atoms. The van der Waals surface area contributed by atoms with E-state index in [1.807, 2.05) is 36.4 Å². The van der Waals surface area contributed by atoms with E-state index in [0.717, 1.165) is 10.0 Å². The Bertz CT molecular complexity index is 1780. The number of aromatic nitrogens is 2. The lowest BCUT2D eigenvalue weighted by Gasteiger charge is -2.24. The first-order chi connectivity index (χ1) is 19.4. The molecule has 3 heterocycles. The molecule has 3 aromatic carbocycles. The Balaban J connectivity index is 1.38. The van der Waals surface area contributed by atoms with E-state index < -0.39 is 23.5 Å². The summed E-state index contributed by atoms with van der Waals surface area (Å²) in [4.78, 5) is 28.7. The highest BCUT2D eigenvalue weighted by atomic mass is 79.9. The minimum Gasteiger partial charge on any atom is -0.503 e. The Hall–Kier alpha value is -3.93. The quantitative estimate of drug-likeness (QED) is 0.109. The summed E-state index contributed by atoms with van der Waals surface area (Å²) in [6.07, 6.45) is 0. The molecule has 8 nitrogen and oxygen atoms in total. The highest BCUT2D eigenvalue weighted by molar-refractivity contribution is 9.10. The zero-order chi connectivity index (χ0) is 27.8. The van der Waals surface area contributed by atoms with Crippen molar-refractivity contribution in [3.05, 3.63) is 112 Å². The maximum atomic E-state index is 13.9. The van der Waals surface area contributed by atoms with Crippen LogP contribution in [0.4, 0.5) is 5.13 Å². The third-order valence-corrected chi connectivity index (χ3v) is 9.00. The minimum atomic E-state index is -0.951. The number of rotatable bonds is 8. The summed E-state index contributed by atoms with van der Waals surface area (Å²) < 4.78 is 12.7. The van der Waals surface area contributed by atoms with Gasteiger partial charge in [-0.2, -0.15) is 0 Å². The van der Waals surface area contributed by atoms with Crippen molar-refractivity contribution in [3.63, 3.8) is 0 Å². The molecule has 6 rings (SSSR count). The molecule has 5 aromatic rings. The van der Waals surface area contributed by atoms with E-state index in [1.54, 1.807) is 42.5 Å². The van der Waals surface area contributed by atoms with Gasteiger partial charge in [0.1, 0.15) is 0 Å². The molecule has 0 saturated carbocycles. The van der Waals surface area contributed by atoms with Crippen LogP contribution >= 0.6 is 39.0 Å². The van der Waals surface area contributed by atoms with Crippen LogP contribution < -0.4 is 9.64 Å². The normalized spacial score (nSPS) is 15.3. The molecule has 0 fully saturated rings. The van der Waals surface area contributed by atoms with Gasteiger partial charge in [0.15, 0.2) is 27.2 Å². The van der Waals surface area contributed by atoms with E-state index in [0.29, 0.717) is 32.4 Å². The number of thioether (sulfide) groups is 1.